The van der Waals surface area contributed by atoms with E-state index in [1.54, 1.807) is 24.4 Å². The molecule has 0 atom stereocenters. The zero-order chi connectivity index (χ0) is 13.0. The van der Waals surface area contributed by atoms with Crippen LogP contribution in [0.15, 0.2) is 36.8 Å². The Kier molecular flexibility index (Phi) is 4.08. The smallest absolute Gasteiger partial charge is 0.255 e. The third-order valence-corrected chi connectivity index (χ3v) is 2.95. The highest BCUT2D eigenvalue weighted by Crippen LogP contribution is 2.19. The Bertz CT molecular complexity index is 561. The third-order valence-electron chi connectivity index (χ3n) is 2.28. The van der Waals surface area contributed by atoms with Gasteiger partial charge in [-0.1, -0.05) is 0 Å². The van der Waals surface area contributed by atoms with Gasteiger partial charge in [0, 0.05) is 9.77 Å². The average Bonchev–Trinajstić information content (AvgIpc) is 2.40. The Morgan fingerprint density at radius 1 is 1.39 bits per heavy atom. The van der Waals surface area contributed by atoms with Crippen molar-refractivity contribution in [2.45, 2.75) is 6.54 Å². The quantitative estimate of drug-likeness (QED) is 0.823. The van der Waals surface area contributed by atoms with Crippen LogP contribution in [0.4, 0.5) is 0 Å². The van der Waals surface area contributed by atoms with E-state index in [9.17, 15) is 9.90 Å². The molecule has 1 aromatic carbocycles. The van der Waals surface area contributed by atoms with Crippen LogP contribution in [-0.2, 0) is 6.54 Å². The first-order valence-electron chi connectivity index (χ1n) is 5.18. The van der Waals surface area contributed by atoms with Crippen LogP contribution in [-0.4, -0.2) is 21.0 Å². The lowest BCUT2D eigenvalue weighted by Gasteiger charge is -2.06. The maximum Gasteiger partial charge on any atom is 0.255 e. The molecule has 2 aromatic rings. The summed E-state index contributed by atoms with van der Waals surface area (Å²) in [5, 5.41) is 12.3. The zero-order valence-electron chi connectivity index (χ0n) is 9.30. The molecule has 1 aromatic heterocycles. The topological polar surface area (TPSA) is 75.1 Å². The number of carbonyl (C=O) groups is 1. The average molecular weight is 355 g/mol. The SMILES string of the molecule is O=C(NCc1ccncn1)c1cc(I)ccc1O. The van der Waals surface area contributed by atoms with Crippen molar-refractivity contribution in [2.24, 2.45) is 0 Å². The molecule has 0 aliphatic rings. The van der Waals surface area contributed by atoms with E-state index in [1.807, 2.05) is 0 Å². The van der Waals surface area contributed by atoms with E-state index in [2.05, 4.69) is 37.9 Å². The van der Waals surface area contributed by atoms with Gasteiger partial charge in [-0.05, 0) is 46.9 Å². The number of amides is 1. The molecule has 1 amide bonds. The molecule has 0 fully saturated rings. The molecule has 0 aliphatic heterocycles. The highest BCUT2D eigenvalue weighted by atomic mass is 127. The van der Waals surface area contributed by atoms with Gasteiger partial charge in [0.2, 0.25) is 0 Å². The van der Waals surface area contributed by atoms with Crippen molar-refractivity contribution in [1.29, 1.82) is 0 Å². The highest BCUT2D eigenvalue weighted by molar-refractivity contribution is 14.1. The monoisotopic (exact) mass is 355 g/mol. The molecule has 0 unspecified atom stereocenters. The largest absolute Gasteiger partial charge is 0.507 e. The Labute approximate surface area is 117 Å². The Morgan fingerprint density at radius 3 is 2.94 bits per heavy atom. The van der Waals surface area contributed by atoms with Crippen LogP contribution < -0.4 is 5.32 Å². The van der Waals surface area contributed by atoms with Crippen LogP contribution in [0.2, 0.25) is 0 Å². The minimum atomic E-state index is -0.329. The second kappa shape index (κ2) is 5.76. The summed E-state index contributed by atoms with van der Waals surface area (Å²) in [6, 6.07) is 6.58. The van der Waals surface area contributed by atoms with E-state index in [1.165, 1.54) is 12.4 Å². The van der Waals surface area contributed by atoms with Gasteiger partial charge in [0.15, 0.2) is 0 Å². The summed E-state index contributed by atoms with van der Waals surface area (Å²) < 4.78 is 0.887. The van der Waals surface area contributed by atoms with Gasteiger partial charge in [-0.15, -0.1) is 0 Å². The molecule has 2 rings (SSSR count). The lowest BCUT2D eigenvalue weighted by molar-refractivity contribution is 0.0947. The van der Waals surface area contributed by atoms with Crippen molar-refractivity contribution in [1.82, 2.24) is 15.3 Å². The van der Waals surface area contributed by atoms with E-state index in [4.69, 9.17) is 0 Å². The van der Waals surface area contributed by atoms with Crippen molar-refractivity contribution < 1.29 is 9.90 Å². The summed E-state index contributed by atoms with van der Waals surface area (Å²) in [6.07, 6.45) is 3.03. The minimum Gasteiger partial charge on any atom is -0.507 e. The number of hydrogen-bond donors (Lipinski definition) is 2. The van der Waals surface area contributed by atoms with E-state index < -0.39 is 0 Å². The van der Waals surface area contributed by atoms with Crippen LogP contribution >= 0.6 is 22.6 Å². The minimum absolute atomic E-state index is 0.0318. The summed E-state index contributed by atoms with van der Waals surface area (Å²) in [5.74, 6) is -0.361. The molecule has 0 saturated heterocycles. The van der Waals surface area contributed by atoms with Gasteiger partial charge in [0.1, 0.15) is 12.1 Å². The van der Waals surface area contributed by atoms with Crippen molar-refractivity contribution in [3.05, 3.63) is 51.6 Å². The maximum absolute atomic E-state index is 11.9. The van der Waals surface area contributed by atoms with Crippen LogP contribution in [0.5, 0.6) is 5.75 Å². The Morgan fingerprint density at radius 2 is 2.22 bits per heavy atom. The molecule has 92 valence electrons. The van der Waals surface area contributed by atoms with Crippen LogP contribution in [0, 0.1) is 3.57 Å². The number of aromatic nitrogens is 2. The van der Waals surface area contributed by atoms with Crippen molar-refractivity contribution >= 4 is 28.5 Å². The molecule has 18 heavy (non-hydrogen) atoms. The molecule has 0 radical (unpaired) electrons. The molecular weight excluding hydrogens is 345 g/mol. The molecule has 0 aliphatic carbocycles. The summed E-state index contributed by atoms with van der Waals surface area (Å²) in [6.45, 7) is 0.298. The molecule has 0 bridgehead atoms. The van der Waals surface area contributed by atoms with Crippen LogP contribution in [0.25, 0.3) is 0 Å². The van der Waals surface area contributed by atoms with Crippen molar-refractivity contribution in [3.8, 4) is 5.75 Å². The van der Waals surface area contributed by atoms with Crippen LogP contribution in [0.1, 0.15) is 16.1 Å². The van der Waals surface area contributed by atoms with Crippen LogP contribution in [0.3, 0.4) is 0 Å². The fourth-order valence-corrected chi connectivity index (χ4v) is 1.87. The first-order valence-corrected chi connectivity index (χ1v) is 6.26. The standard InChI is InChI=1S/C12H10IN3O2/c13-8-1-2-11(17)10(5-8)12(18)15-6-9-3-4-14-7-16-9/h1-5,7,17H,6H2,(H,15,18). The van der Waals surface area contributed by atoms with Gasteiger partial charge in [-0.2, -0.15) is 0 Å². The number of carbonyl (C=O) groups excluding carboxylic acids is 1. The molecule has 2 N–H and O–H groups in total. The number of rotatable bonds is 3. The normalized spacial score (nSPS) is 10.1. The van der Waals surface area contributed by atoms with E-state index in [-0.39, 0.29) is 17.2 Å². The number of phenols is 1. The fourth-order valence-electron chi connectivity index (χ4n) is 1.38. The molecule has 0 saturated carbocycles. The number of benzene rings is 1. The Balaban J connectivity index is 2.06. The summed E-state index contributed by atoms with van der Waals surface area (Å²) in [7, 11) is 0. The number of nitrogens with zero attached hydrogens (tertiary/aromatic N) is 2. The third kappa shape index (κ3) is 3.16. The van der Waals surface area contributed by atoms with E-state index in [0.717, 1.165) is 3.57 Å². The van der Waals surface area contributed by atoms with Crippen molar-refractivity contribution in [3.63, 3.8) is 0 Å². The van der Waals surface area contributed by atoms with Gasteiger partial charge in [0.25, 0.3) is 5.91 Å². The van der Waals surface area contributed by atoms with Gasteiger partial charge < -0.3 is 10.4 Å². The number of aromatic hydroxyl groups is 1. The molecule has 5 nitrogen and oxygen atoms in total. The predicted octanol–water partition coefficient (Wildman–Crippen LogP) is 1.72. The predicted molar refractivity (Wildman–Crippen MR) is 74.0 cm³/mol. The summed E-state index contributed by atoms with van der Waals surface area (Å²) in [4.78, 5) is 19.7. The molecule has 0 spiro atoms. The van der Waals surface area contributed by atoms with Gasteiger partial charge >= 0.3 is 0 Å². The number of hydrogen-bond acceptors (Lipinski definition) is 4. The van der Waals surface area contributed by atoms with E-state index in [0.29, 0.717) is 12.2 Å². The molecule has 1 heterocycles. The van der Waals surface area contributed by atoms with Gasteiger partial charge in [-0.25, -0.2) is 9.97 Å². The summed E-state index contributed by atoms with van der Waals surface area (Å²) in [5.41, 5.74) is 0.972. The maximum atomic E-state index is 11.9. The first-order chi connectivity index (χ1) is 8.66. The second-order valence-corrected chi connectivity index (χ2v) is 4.79. The van der Waals surface area contributed by atoms with Crippen molar-refractivity contribution in [2.75, 3.05) is 0 Å². The van der Waals surface area contributed by atoms with E-state index >= 15 is 0 Å². The van der Waals surface area contributed by atoms with Gasteiger partial charge in [0.05, 0.1) is 17.8 Å². The fraction of sp³-hybridized carbons (Fsp3) is 0.0833. The lowest BCUT2D eigenvalue weighted by atomic mass is 10.2. The summed E-state index contributed by atoms with van der Waals surface area (Å²) >= 11 is 2.08. The molecular formula is C12H10IN3O2. The first kappa shape index (κ1) is 12.7. The highest BCUT2D eigenvalue weighted by Gasteiger charge is 2.11. The Hall–Kier alpha value is -1.70. The second-order valence-electron chi connectivity index (χ2n) is 3.54. The molecule has 6 heteroatoms. The lowest BCUT2D eigenvalue weighted by Crippen LogP contribution is -2.23. The van der Waals surface area contributed by atoms with Gasteiger partial charge in [-0.3, -0.25) is 4.79 Å². The zero-order valence-corrected chi connectivity index (χ0v) is 11.5. The number of halogens is 1. The number of nitrogens with one attached hydrogen (secondary N) is 1. The number of phenolic OH excluding ortho intramolecular Hbond substituents is 1.